The quantitative estimate of drug-likeness (QED) is 0.843. The highest BCUT2D eigenvalue weighted by molar-refractivity contribution is 5.81. The Bertz CT molecular complexity index is 780. The van der Waals surface area contributed by atoms with Gasteiger partial charge in [0.1, 0.15) is 5.75 Å². The lowest BCUT2D eigenvalue weighted by Gasteiger charge is -2.22. The normalized spacial score (nSPS) is 13.2. The van der Waals surface area contributed by atoms with Gasteiger partial charge in [-0.3, -0.25) is 4.79 Å². The summed E-state index contributed by atoms with van der Waals surface area (Å²) in [5.41, 5.74) is 7.07. The van der Waals surface area contributed by atoms with E-state index in [0.29, 0.717) is 0 Å². The predicted molar refractivity (Wildman–Crippen MR) is 103 cm³/mol. The van der Waals surface area contributed by atoms with Crippen molar-refractivity contribution in [3.63, 3.8) is 0 Å². The molecular formula is C22H29NO2. The molecule has 0 fully saturated rings. The number of rotatable bonds is 5. The third-order valence-corrected chi connectivity index (χ3v) is 4.71. The van der Waals surface area contributed by atoms with Crippen LogP contribution in [0.2, 0.25) is 0 Å². The highest BCUT2D eigenvalue weighted by atomic mass is 16.5. The topological polar surface area (TPSA) is 38.3 Å². The molecule has 1 N–H and O–H groups in total. The Morgan fingerprint density at radius 1 is 0.880 bits per heavy atom. The largest absolute Gasteiger partial charge is 0.481 e. The van der Waals surface area contributed by atoms with Gasteiger partial charge in [0.2, 0.25) is 0 Å². The van der Waals surface area contributed by atoms with Crippen molar-refractivity contribution in [3.05, 3.63) is 63.7 Å². The second kappa shape index (κ2) is 7.73. The van der Waals surface area contributed by atoms with Gasteiger partial charge in [-0.15, -0.1) is 0 Å². The van der Waals surface area contributed by atoms with Crippen molar-refractivity contribution in [2.75, 3.05) is 0 Å². The maximum absolute atomic E-state index is 12.5. The molecule has 3 nitrogen and oxygen atoms in total. The summed E-state index contributed by atoms with van der Waals surface area (Å²) in [5.74, 6) is 0.647. The number of amides is 1. The number of hydrogen-bond acceptors (Lipinski definition) is 2. The molecule has 0 aliphatic rings. The summed E-state index contributed by atoms with van der Waals surface area (Å²) in [4.78, 5) is 12.5. The number of benzene rings is 2. The first-order valence-corrected chi connectivity index (χ1v) is 8.81. The molecule has 0 aliphatic carbocycles. The fourth-order valence-corrected chi connectivity index (χ4v) is 3.03. The van der Waals surface area contributed by atoms with Crippen LogP contribution in [0.4, 0.5) is 0 Å². The number of carbonyl (C=O) groups excluding carboxylic acids is 1. The van der Waals surface area contributed by atoms with Crippen LogP contribution in [0, 0.1) is 34.6 Å². The zero-order valence-corrected chi connectivity index (χ0v) is 16.4. The molecule has 2 aromatic rings. The molecule has 0 heterocycles. The third kappa shape index (κ3) is 4.62. The lowest BCUT2D eigenvalue weighted by atomic mass is 9.96. The highest BCUT2D eigenvalue weighted by Crippen LogP contribution is 2.23. The minimum Gasteiger partial charge on any atom is -0.481 e. The molecule has 0 bridgehead atoms. The molecule has 0 aliphatic heterocycles. The summed E-state index contributed by atoms with van der Waals surface area (Å²) in [5, 5.41) is 3.07. The van der Waals surface area contributed by atoms with Gasteiger partial charge in [0.15, 0.2) is 6.10 Å². The fourth-order valence-electron chi connectivity index (χ4n) is 3.03. The van der Waals surface area contributed by atoms with Crippen LogP contribution in [0.3, 0.4) is 0 Å². The van der Waals surface area contributed by atoms with E-state index in [1.807, 2.05) is 32.9 Å². The van der Waals surface area contributed by atoms with E-state index >= 15 is 0 Å². The van der Waals surface area contributed by atoms with E-state index in [0.717, 1.165) is 16.9 Å². The van der Waals surface area contributed by atoms with E-state index in [1.165, 1.54) is 22.3 Å². The Morgan fingerprint density at radius 3 is 2.16 bits per heavy atom. The van der Waals surface area contributed by atoms with Crippen molar-refractivity contribution in [2.45, 2.75) is 60.6 Å². The molecule has 0 spiro atoms. The molecule has 0 radical (unpaired) electrons. The molecule has 2 atom stereocenters. The summed E-state index contributed by atoms with van der Waals surface area (Å²) >= 11 is 0. The Hall–Kier alpha value is -2.29. The molecule has 0 aromatic heterocycles. The smallest absolute Gasteiger partial charge is 0.261 e. The zero-order valence-electron chi connectivity index (χ0n) is 16.4. The van der Waals surface area contributed by atoms with E-state index in [9.17, 15) is 4.79 Å². The number of carbonyl (C=O) groups is 1. The Kier molecular flexibility index (Phi) is 5.89. The lowest BCUT2D eigenvalue weighted by molar-refractivity contribution is -0.127. The average molecular weight is 339 g/mol. The van der Waals surface area contributed by atoms with Crippen molar-refractivity contribution in [1.82, 2.24) is 5.32 Å². The lowest BCUT2D eigenvalue weighted by Crippen LogP contribution is -2.38. The van der Waals surface area contributed by atoms with Gasteiger partial charge in [-0.2, -0.15) is 0 Å². The molecule has 3 heteroatoms. The summed E-state index contributed by atoms with van der Waals surface area (Å²) in [7, 11) is 0. The molecule has 1 amide bonds. The van der Waals surface area contributed by atoms with E-state index in [2.05, 4.69) is 44.3 Å². The fraction of sp³-hybridized carbons (Fsp3) is 0.409. The summed E-state index contributed by atoms with van der Waals surface area (Å²) in [6, 6.07) is 10.2. The average Bonchev–Trinajstić information content (AvgIpc) is 2.53. The predicted octanol–water partition coefficient (Wildman–Crippen LogP) is 4.87. The van der Waals surface area contributed by atoms with Crippen LogP contribution in [0.15, 0.2) is 30.3 Å². The molecule has 2 rings (SSSR count). The first-order chi connectivity index (χ1) is 11.7. The first-order valence-electron chi connectivity index (χ1n) is 8.81. The van der Waals surface area contributed by atoms with E-state index in [1.54, 1.807) is 6.92 Å². The van der Waals surface area contributed by atoms with Gasteiger partial charge in [0.25, 0.3) is 5.91 Å². The molecule has 0 saturated carbocycles. The Labute approximate surface area is 151 Å². The second-order valence-electron chi connectivity index (χ2n) is 7.05. The van der Waals surface area contributed by atoms with Gasteiger partial charge >= 0.3 is 0 Å². The van der Waals surface area contributed by atoms with Crippen LogP contribution in [0.5, 0.6) is 5.75 Å². The van der Waals surface area contributed by atoms with E-state index < -0.39 is 6.10 Å². The maximum Gasteiger partial charge on any atom is 0.261 e. The number of nitrogens with one attached hydrogen (secondary N) is 1. The molecule has 2 unspecified atom stereocenters. The van der Waals surface area contributed by atoms with Crippen LogP contribution < -0.4 is 10.1 Å². The monoisotopic (exact) mass is 339 g/mol. The molecule has 134 valence electrons. The van der Waals surface area contributed by atoms with Gasteiger partial charge in [-0.05, 0) is 82.3 Å². The van der Waals surface area contributed by atoms with Crippen molar-refractivity contribution in [3.8, 4) is 5.75 Å². The van der Waals surface area contributed by atoms with Crippen LogP contribution in [0.1, 0.15) is 53.3 Å². The van der Waals surface area contributed by atoms with Crippen molar-refractivity contribution in [1.29, 1.82) is 0 Å². The number of aryl methyl sites for hydroxylation is 5. The summed E-state index contributed by atoms with van der Waals surface area (Å²) < 4.78 is 5.86. The van der Waals surface area contributed by atoms with Gasteiger partial charge < -0.3 is 10.1 Å². The highest BCUT2D eigenvalue weighted by Gasteiger charge is 2.19. The minimum absolute atomic E-state index is 0.0584. The Balaban J connectivity index is 2.06. The molecule has 0 saturated heterocycles. The van der Waals surface area contributed by atoms with Crippen molar-refractivity contribution in [2.24, 2.45) is 0 Å². The number of hydrogen-bond donors (Lipinski definition) is 1. The van der Waals surface area contributed by atoms with Crippen LogP contribution in [-0.4, -0.2) is 12.0 Å². The van der Waals surface area contributed by atoms with Gasteiger partial charge in [0, 0.05) is 0 Å². The van der Waals surface area contributed by atoms with Crippen molar-refractivity contribution >= 4 is 5.91 Å². The molecule has 25 heavy (non-hydrogen) atoms. The van der Waals surface area contributed by atoms with Crippen molar-refractivity contribution < 1.29 is 9.53 Å². The van der Waals surface area contributed by atoms with Gasteiger partial charge in [0.05, 0.1) is 6.04 Å². The van der Waals surface area contributed by atoms with Crippen LogP contribution in [-0.2, 0) is 4.79 Å². The summed E-state index contributed by atoms with van der Waals surface area (Å²) in [6.07, 6.45) is -0.546. The van der Waals surface area contributed by atoms with Gasteiger partial charge in [-0.25, -0.2) is 0 Å². The Morgan fingerprint density at radius 2 is 1.52 bits per heavy atom. The van der Waals surface area contributed by atoms with E-state index in [-0.39, 0.29) is 11.9 Å². The SMILES string of the molecule is Cc1ccc(OC(C)C(=O)NC(C)c2cc(C)c(C)cc2C)c(C)c1. The summed E-state index contributed by atoms with van der Waals surface area (Å²) in [6.45, 7) is 14.1. The van der Waals surface area contributed by atoms with Crippen LogP contribution >= 0.6 is 0 Å². The standard InChI is InChI=1S/C22H29NO2/c1-13-8-9-21(17(5)10-13)25-19(7)22(24)23-18(6)20-12-15(3)14(2)11-16(20)4/h8-12,18-19H,1-7H3,(H,23,24). The molecule has 2 aromatic carbocycles. The zero-order chi connectivity index (χ0) is 18.7. The maximum atomic E-state index is 12.5. The third-order valence-electron chi connectivity index (χ3n) is 4.71. The van der Waals surface area contributed by atoms with Crippen LogP contribution in [0.25, 0.3) is 0 Å². The first kappa shape index (κ1) is 19.0. The number of ether oxygens (including phenoxy) is 1. The second-order valence-corrected chi connectivity index (χ2v) is 7.05. The molecular weight excluding hydrogens is 310 g/mol. The minimum atomic E-state index is -0.546. The van der Waals surface area contributed by atoms with Gasteiger partial charge in [-0.1, -0.05) is 29.8 Å². The van der Waals surface area contributed by atoms with E-state index in [4.69, 9.17) is 4.74 Å².